The van der Waals surface area contributed by atoms with Gasteiger partial charge >= 0.3 is 158 Å². The normalized spacial score (nSPS) is 13.6. The van der Waals surface area contributed by atoms with Gasteiger partial charge in [0.25, 0.3) is 0 Å². The van der Waals surface area contributed by atoms with Crippen LogP contribution in [-0.4, -0.2) is 72.4 Å². The van der Waals surface area contributed by atoms with Crippen LogP contribution in [0, 0.1) is 11.7 Å². The fourth-order valence-electron chi connectivity index (χ4n) is 4.48. The molecule has 0 aliphatic heterocycles. The summed E-state index contributed by atoms with van der Waals surface area (Å²) >= 11 is 2.03. The van der Waals surface area contributed by atoms with E-state index in [0.717, 1.165) is 22.4 Å². The SMILES string of the molecule is CC(C)CN([C@H](CO)CCCCNC(=O)[C@@H](N)Cc1ccc2ccccc2c1)S(=O)(=O)c1ccc(F)c([As])c1. The molecule has 0 bridgehead atoms. The summed E-state index contributed by atoms with van der Waals surface area (Å²) in [5, 5.41) is 15.2. The van der Waals surface area contributed by atoms with Crippen LogP contribution in [0.15, 0.2) is 65.6 Å². The molecule has 3 rings (SSSR count). The number of unbranched alkanes of at least 4 members (excludes halogenated alkanes) is 1. The Labute approximate surface area is 239 Å². The number of hydrogen-bond acceptors (Lipinski definition) is 5. The number of nitrogens with zero attached hydrogens (tertiary/aromatic N) is 1. The van der Waals surface area contributed by atoms with Crippen molar-refractivity contribution in [1.82, 2.24) is 9.62 Å². The first-order chi connectivity index (χ1) is 18.5. The third-order valence-electron chi connectivity index (χ3n) is 6.56. The Balaban J connectivity index is 1.53. The first-order valence-corrected chi connectivity index (χ1v) is 15.5. The van der Waals surface area contributed by atoms with Crippen molar-refractivity contribution in [2.24, 2.45) is 11.7 Å². The molecule has 7 nitrogen and oxygen atoms in total. The van der Waals surface area contributed by atoms with Gasteiger partial charge in [-0.15, -0.1) is 0 Å². The van der Waals surface area contributed by atoms with Crippen LogP contribution >= 0.6 is 0 Å². The van der Waals surface area contributed by atoms with Crippen LogP contribution in [0.1, 0.15) is 38.7 Å². The fraction of sp³-hybridized carbons (Fsp3) is 0.414. The Morgan fingerprint density at radius 3 is 2.46 bits per heavy atom. The molecular formula is C29H37AsFN3O4S. The maximum absolute atomic E-state index is 13.7. The molecule has 0 aliphatic rings. The molecule has 0 spiro atoms. The first kappa shape index (κ1) is 31.2. The van der Waals surface area contributed by atoms with Crippen LogP contribution in [0.4, 0.5) is 4.39 Å². The number of carbonyl (C=O) groups excluding carboxylic acids is 1. The van der Waals surface area contributed by atoms with Crippen molar-refractivity contribution >= 4 is 47.9 Å². The summed E-state index contributed by atoms with van der Waals surface area (Å²) in [5.41, 5.74) is 7.13. The number of fused-ring (bicyclic) bond motifs is 1. The van der Waals surface area contributed by atoms with Gasteiger partial charge in [-0.2, -0.15) is 0 Å². The van der Waals surface area contributed by atoms with Gasteiger partial charge < -0.3 is 5.73 Å². The molecule has 2 radical (unpaired) electrons. The zero-order valence-electron chi connectivity index (χ0n) is 22.4. The van der Waals surface area contributed by atoms with E-state index < -0.39 is 27.9 Å². The van der Waals surface area contributed by atoms with Gasteiger partial charge in [-0.1, -0.05) is 42.5 Å². The number of aliphatic hydroxyl groups is 1. The predicted octanol–water partition coefficient (Wildman–Crippen LogP) is 2.64. The zero-order valence-corrected chi connectivity index (χ0v) is 25.1. The van der Waals surface area contributed by atoms with Gasteiger partial charge in [0.1, 0.15) is 0 Å². The van der Waals surface area contributed by atoms with Crippen LogP contribution in [-0.2, 0) is 21.2 Å². The van der Waals surface area contributed by atoms with E-state index in [1.165, 1.54) is 16.4 Å². The summed E-state index contributed by atoms with van der Waals surface area (Å²) in [7, 11) is -3.95. The minimum atomic E-state index is -3.95. The molecule has 1 amide bonds. The van der Waals surface area contributed by atoms with Crippen LogP contribution in [0.5, 0.6) is 0 Å². The first-order valence-electron chi connectivity index (χ1n) is 13.1. The molecule has 210 valence electrons. The number of amides is 1. The number of halogens is 1. The molecule has 0 aromatic heterocycles. The molecule has 2 atom stereocenters. The fourth-order valence-corrected chi connectivity index (χ4v) is 6.95. The van der Waals surface area contributed by atoms with Crippen LogP contribution < -0.4 is 15.4 Å². The maximum atomic E-state index is 13.7. The van der Waals surface area contributed by atoms with Gasteiger partial charge in [0.2, 0.25) is 0 Å². The average molecular weight is 618 g/mol. The zero-order chi connectivity index (χ0) is 28.6. The molecule has 3 aromatic rings. The number of benzene rings is 3. The third-order valence-corrected chi connectivity index (χ3v) is 9.19. The van der Waals surface area contributed by atoms with Gasteiger partial charge in [0, 0.05) is 0 Å². The Hall–Kier alpha value is -2.29. The molecule has 0 fully saturated rings. The quantitative estimate of drug-likeness (QED) is 0.190. The average Bonchev–Trinajstić information content (AvgIpc) is 2.90. The van der Waals surface area contributed by atoms with Gasteiger partial charge in [0.05, 0.1) is 6.04 Å². The molecule has 39 heavy (non-hydrogen) atoms. The Morgan fingerprint density at radius 1 is 1.08 bits per heavy atom. The number of nitrogens with one attached hydrogen (secondary N) is 1. The molecule has 4 N–H and O–H groups in total. The molecule has 3 aromatic carbocycles. The summed E-state index contributed by atoms with van der Waals surface area (Å²) in [5.74, 6) is -0.715. The Morgan fingerprint density at radius 2 is 1.79 bits per heavy atom. The Kier molecular flexibility index (Phi) is 11.5. The van der Waals surface area contributed by atoms with E-state index in [1.54, 1.807) is 0 Å². The summed E-state index contributed by atoms with van der Waals surface area (Å²) in [6.07, 6.45) is 2.03. The summed E-state index contributed by atoms with van der Waals surface area (Å²) in [6, 6.07) is 16.4. The van der Waals surface area contributed by atoms with E-state index in [9.17, 15) is 22.7 Å². The molecule has 10 heteroatoms. The van der Waals surface area contributed by atoms with E-state index >= 15 is 0 Å². The monoisotopic (exact) mass is 617 g/mol. The van der Waals surface area contributed by atoms with Crippen LogP contribution in [0.3, 0.4) is 0 Å². The van der Waals surface area contributed by atoms with Crippen molar-refractivity contribution in [3.8, 4) is 0 Å². The summed E-state index contributed by atoms with van der Waals surface area (Å²) < 4.78 is 42.1. The number of nitrogens with two attached hydrogens (primary N) is 1. The van der Waals surface area contributed by atoms with Crippen LogP contribution in [0.2, 0.25) is 0 Å². The predicted molar refractivity (Wildman–Crippen MR) is 154 cm³/mol. The second-order valence-corrected chi connectivity index (χ2v) is 13.1. The van der Waals surface area contributed by atoms with Crippen molar-refractivity contribution in [3.63, 3.8) is 0 Å². The number of sulfonamides is 1. The third kappa shape index (κ3) is 8.59. The molecule has 0 aliphatic carbocycles. The van der Waals surface area contributed by atoms with Gasteiger partial charge in [0.15, 0.2) is 0 Å². The van der Waals surface area contributed by atoms with E-state index in [2.05, 4.69) is 5.32 Å². The number of aliphatic hydroxyl groups excluding tert-OH is 1. The Bertz CT molecular complexity index is 1370. The van der Waals surface area contributed by atoms with Gasteiger partial charge in [-0.25, -0.2) is 0 Å². The molecular weight excluding hydrogens is 580 g/mol. The summed E-state index contributed by atoms with van der Waals surface area (Å²) in [4.78, 5) is 12.5. The van der Waals surface area contributed by atoms with E-state index in [0.29, 0.717) is 32.2 Å². The second-order valence-electron chi connectivity index (χ2n) is 10.2. The number of hydrogen-bond donors (Lipinski definition) is 3. The number of carbonyl (C=O) groups is 1. The standard InChI is InChI=1S/C29H37AsFN3O4S/c1-20(2)18-34(39(37,38)25-12-13-27(31)26(30)17-25)24(19-35)9-5-6-14-33-29(36)28(32)16-21-10-11-22-7-3-4-8-23(22)15-21/h3-4,7-8,10-13,15,17,20,24,28,35H,5-6,9,14,16,18-19,32H2,1-2H3,(H,33,36)/t24-,28-/m0/s1. The van der Waals surface area contributed by atoms with E-state index in [4.69, 9.17) is 5.73 Å². The minimum absolute atomic E-state index is 0.00807. The molecule has 0 saturated heterocycles. The topological polar surface area (TPSA) is 113 Å². The molecule has 0 unspecified atom stereocenters. The van der Waals surface area contributed by atoms with Crippen molar-refractivity contribution in [2.45, 2.75) is 56.5 Å². The van der Waals surface area contributed by atoms with Crippen LogP contribution in [0.25, 0.3) is 10.8 Å². The van der Waals surface area contributed by atoms with Crippen molar-refractivity contribution in [3.05, 3.63) is 72.0 Å². The van der Waals surface area contributed by atoms with E-state index in [-0.39, 0.29) is 34.2 Å². The molecule has 0 saturated carbocycles. The van der Waals surface area contributed by atoms with Crippen molar-refractivity contribution in [1.29, 1.82) is 0 Å². The molecule has 0 heterocycles. The summed E-state index contributed by atoms with van der Waals surface area (Å²) in [6.45, 7) is 4.08. The van der Waals surface area contributed by atoms with Crippen molar-refractivity contribution < 1.29 is 22.7 Å². The second kappa shape index (κ2) is 14.4. The number of rotatable bonds is 14. The van der Waals surface area contributed by atoms with Gasteiger partial charge in [-0.05, 0) is 22.8 Å². The van der Waals surface area contributed by atoms with Crippen molar-refractivity contribution in [2.75, 3.05) is 19.7 Å². The van der Waals surface area contributed by atoms with E-state index in [1.807, 2.05) is 73.2 Å². The van der Waals surface area contributed by atoms with Gasteiger partial charge in [-0.3, -0.25) is 4.79 Å².